The molecule has 1 rings (SSSR count). The molecule has 84 valence electrons. The van der Waals surface area contributed by atoms with Crippen LogP contribution in [0.5, 0.6) is 0 Å². The maximum atomic E-state index is 3.55. The van der Waals surface area contributed by atoms with Gasteiger partial charge in [-0.15, -0.1) is 0 Å². The largest absolute Gasteiger partial charge is 0.313 e. The van der Waals surface area contributed by atoms with Gasteiger partial charge in [-0.25, -0.2) is 0 Å². The van der Waals surface area contributed by atoms with E-state index in [2.05, 4.69) is 37.9 Å². The fraction of sp³-hybridized carbons (Fsp3) is 1.00. The lowest BCUT2D eigenvalue weighted by Crippen LogP contribution is -2.41. The van der Waals surface area contributed by atoms with Crippen LogP contribution in [-0.4, -0.2) is 36.6 Å². The monoisotopic (exact) mass is 198 g/mol. The summed E-state index contributed by atoms with van der Waals surface area (Å²) in [4.78, 5) is 2.65. The van der Waals surface area contributed by atoms with Gasteiger partial charge >= 0.3 is 0 Å². The Morgan fingerprint density at radius 1 is 1.29 bits per heavy atom. The van der Waals surface area contributed by atoms with Crippen molar-refractivity contribution in [3.05, 3.63) is 0 Å². The molecule has 0 spiro atoms. The minimum Gasteiger partial charge on any atom is -0.313 e. The smallest absolute Gasteiger partial charge is 0.0221 e. The van der Waals surface area contributed by atoms with Crippen molar-refractivity contribution in [1.82, 2.24) is 10.2 Å². The third-order valence-electron chi connectivity index (χ3n) is 2.86. The van der Waals surface area contributed by atoms with Gasteiger partial charge in [0.25, 0.3) is 0 Å². The Labute approximate surface area is 89.1 Å². The van der Waals surface area contributed by atoms with Crippen molar-refractivity contribution >= 4 is 0 Å². The van der Waals surface area contributed by atoms with E-state index in [0.717, 1.165) is 12.0 Å². The fourth-order valence-corrected chi connectivity index (χ4v) is 2.21. The minimum absolute atomic E-state index is 0.622. The second kappa shape index (κ2) is 5.72. The quantitative estimate of drug-likeness (QED) is 0.728. The summed E-state index contributed by atoms with van der Waals surface area (Å²) in [5.41, 5.74) is 0. The molecule has 1 atom stereocenters. The van der Waals surface area contributed by atoms with Gasteiger partial charge in [-0.1, -0.05) is 27.7 Å². The van der Waals surface area contributed by atoms with Crippen molar-refractivity contribution in [2.24, 2.45) is 5.92 Å². The first-order valence-electron chi connectivity index (χ1n) is 6.07. The molecule has 0 aromatic heterocycles. The third kappa shape index (κ3) is 3.97. The lowest BCUT2D eigenvalue weighted by molar-refractivity contribution is 0.219. The third-order valence-corrected chi connectivity index (χ3v) is 2.86. The predicted molar refractivity (Wildman–Crippen MR) is 62.6 cm³/mol. The molecule has 0 bridgehead atoms. The number of nitrogens with one attached hydrogen (secondary N) is 1. The Hall–Kier alpha value is -0.0800. The van der Waals surface area contributed by atoms with Crippen LogP contribution >= 0.6 is 0 Å². The fourth-order valence-electron chi connectivity index (χ4n) is 2.21. The number of likely N-dealkylation sites (tertiary alicyclic amines) is 1. The van der Waals surface area contributed by atoms with Gasteiger partial charge in [-0.3, -0.25) is 4.90 Å². The van der Waals surface area contributed by atoms with E-state index < -0.39 is 0 Å². The summed E-state index contributed by atoms with van der Waals surface area (Å²) in [6.07, 6.45) is 2.77. The summed E-state index contributed by atoms with van der Waals surface area (Å²) in [6, 6.07) is 1.41. The molecule has 0 aromatic rings. The maximum Gasteiger partial charge on any atom is 0.0221 e. The van der Waals surface area contributed by atoms with E-state index in [1.165, 1.54) is 32.5 Å². The molecule has 2 nitrogen and oxygen atoms in total. The number of hydrogen-bond acceptors (Lipinski definition) is 2. The molecule has 0 aromatic carbocycles. The van der Waals surface area contributed by atoms with Crippen molar-refractivity contribution in [2.75, 3.05) is 19.6 Å². The summed E-state index contributed by atoms with van der Waals surface area (Å²) in [6.45, 7) is 12.8. The first-order chi connectivity index (χ1) is 6.59. The Morgan fingerprint density at radius 2 is 2.00 bits per heavy atom. The molecular formula is C12H26N2. The highest BCUT2D eigenvalue weighted by Gasteiger charge is 2.24. The molecule has 1 aliphatic heterocycles. The number of nitrogens with zero attached hydrogens (tertiary/aromatic N) is 1. The van der Waals surface area contributed by atoms with Gasteiger partial charge in [-0.2, -0.15) is 0 Å². The highest BCUT2D eigenvalue weighted by Crippen LogP contribution is 2.17. The summed E-state index contributed by atoms with van der Waals surface area (Å²) >= 11 is 0. The van der Waals surface area contributed by atoms with Crippen LogP contribution in [0.15, 0.2) is 0 Å². The topological polar surface area (TPSA) is 15.3 Å². The summed E-state index contributed by atoms with van der Waals surface area (Å²) in [5, 5.41) is 3.55. The molecular weight excluding hydrogens is 172 g/mol. The number of hydrogen-bond donors (Lipinski definition) is 1. The Balaban J connectivity index is 2.28. The van der Waals surface area contributed by atoms with Crippen molar-refractivity contribution in [3.63, 3.8) is 0 Å². The average Bonchev–Trinajstić information content (AvgIpc) is 2.47. The highest BCUT2D eigenvalue weighted by molar-refractivity contribution is 4.81. The van der Waals surface area contributed by atoms with E-state index >= 15 is 0 Å². The average molecular weight is 198 g/mol. The van der Waals surface area contributed by atoms with E-state index in [0.29, 0.717) is 6.04 Å². The number of rotatable bonds is 5. The lowest BCUT2D eigenvalue weighted by atomic mass is 10.1. The second-order valence-electron chi connectivity index (χ2n) is 5.25. The van der Waals surface area contributed by atoms with Gasteiger partial charge < -0.3 is 5.32 Å². The summed E-state index contributed by atoms with van der Waals surface area (Å²) < 4.78 is 0. The normalized spacial score (nSPS) is 24.0. The van der Waals surface area contributed by atoms with Crippen molar-refractivity contribution < 1.29 is 0 Å². The van der Waals surface area contributed by atoms with Gasteiger partial charge in [0.05, 0.1) is 0 Å². The molecule has 1 N–H and O–H groups in total. The zero-order chi connectivity index (χ0) is 10.6. The molecule has 2 heteroatoms. The van der Waals surface area contributed by atoms with Gasteiger partial charge in [0.1, 0.15) is 0 Å². The van der Waals surface area contributed by atoms with E-state index in [4.69, 9.17) is 0 Å². The van der Waals surface area contributed by atoms with Crippen LogP contribution in [0.2, 0.25) is 0 Å². The van der Waals surface area contributed by atoms with E-state index in [9.17, 15) is 0 Å². The molecule has 0 amide bonds. The van der Waals surface area contributed by atoms with Crippen molar-refractivity contribution in [1.29, 1.82) is 0 Å². The summed E-state index contributed by atoms with van der Waals surface area (Å²) in [5.74, 6) is 0.801. The standard InChI is InChI=1S/C12H26N2/c1-10(2)9-14-7-5-6-12(14)8-13-11(3)4/h10-13H,5-9H2,1-4H3/t12-/m0/s1. The zero-order valence-electron chi connectivity index (χ0n) is 10.2. The molecule has 1 heterocycles. The SMILES string of the molecule is CC(C)CN1CCC[C@H]1CNC(C)C. The molecule has 0 aliphatic carbocycles. The van der Waals surface area contributed by atoms with E-state index in [1.807, 2.05) is 0 Å². The van der Waals surface area contributed by atoms with E-state index in [-0.39, 0.29) is 0 Å². The van der Waals surface area contributed by atoms with Crippen LogP contribution in [0, 0.1) is 5.92 Å². The van der Waals surface area contributed by atoms with Gasteiger partial charge in [0.2, 0.25) is 0 Å². The minimum atomic E-state index is 0.622. The molecule has 0 radical (unpaired) electrons. The van der Waals surface area contributed by atoms with E-state index in [1.54, 1.807) is 0 Å². The molecule has 14 heavy (non-hydrogen) atoms. The van der Waals surface area contributed by atoms with Crippen molar-refractivity contribution in [3.8, 4) is 0 Å². The lowest BCUT2D eigenvalue weighted by Gasteiger charge is -2.27. The Kier molecular flexibility index (Phi) is 4.90. The van der Waals surface area contributed by atoms with Crippen LogP contribution < -0.4 is 5.32 Å². The van der Waals surface area contributed by atoms with Crippen molar-refractivity contribution in [2.45, 2.75) is 52.6 Å². The summed E-state index contributed by atoms with van der Waals surface area (Å²) in [7, 11) is 0. The van der Waals surface area contributed by atoms with Crippen LogP contribution in [0.3, 0.4) is 0 Å². The molecule has 1 fully saturated rings. The first kappa shape index (κ1) is 12.0. The Morgan fingerprint density at radius 3 is 2.57 bits per heavy atom. The second-order valence-corrected chi connectivity index (χ2v) is 5.25. The highest BCUT2D eigenvalue weighted by atomic mass is 15.2. The molecule has 1 aliphatic rings. The van der Waals surface area contributed by atoms with Crippen LogP contribution in [0.1, 0.15) is 40.5 Å². The van der Waals surface area contributed by atoms with Crippen LogP contribution in [0.4, 0.5) is 0 Å². The van der Waals surface area contributed by atoms with Crippen LogP contribution in [-0.2, 0) is 0 Å². The molecule has 1 saturated heterocycles. The predicted octanol–water partition coefficient (Wildman–Crippen LogP) is 2.10. The maximum absolute atomic E-state index is 3.55. The van der Waals surface area contributed by atoms with Crippen LogP contribution in [0.25, 0.3) is 0 Å². The zero-order valence-corrected chi connectivity index (χ0v) is 10.2. The first-order valence-corrected chi connectivity index (χ1v) is 6.07. The molecule has 0 saturated carbocycles. The molecule has 0 unspecified atom stereocenters. The Bertz CT molecular complexity index is 154. The van der Waals surface area contributed by atoms with Gasteiger partial charge in [0.15, 0.2) is 0 Å². The van der Waals surface area contributed by atoms with Gasteiger partial charge in [0, 0.05) is 25.2 Å². The van der Waals surface area contributed by atoms with Gasteiger partial charge in [-0.05, 0) is 25.3 Å².